The zero-order chi connectivity index (χ0) is 19.0. The van der Waals surface area contributed by atoms with E-state index in [2.05, 4.69) is 4.40 Å². The molecule has 4 rings (SSSR count). The number of likely N-dealkylation sites (tertiary alicyclic amines) is 1. The standard InChI is InChI=1S/C19H25N3O4S/c20-18-17-14(12-27(24,25)21-18)7-4-9-16(17)26-11-15-8-1-2-10-22(15)19(23)13-5-3-6-13/h4,7,9,13,15H,1-3,5-6,8,10-12H2,(H2,20,21)/t15-/m1/s1. The lowest BCUT2D eigenvalue weighted by Gasteiger charge is -2.39. The van der Waals surface area contributed by atoms with Gasteiger partial charge in [-0.1, -0.05) is 18.6 Å². The first-order chi connectivity index (χ1) is 12.9. The predicted octanol–water partition coefficient (Wildman–Crippen LogP) is 1.80. The number of amides is 1. The Labute approximate surface area is 159 Å². The number of carbonyl (C=O) groups excluding carboxylic acids is 1. The van der Waals surface area contributed by atoms with Crippen LogP contribution < -0.4 is 10.5 Å². The van der Waals surface area contributed by atoms with Crippen molar-refractivity contribution in [3.63, 3.8) is 0 Å². The van der Waals surface area contributed by atoms with Gasteiger partial charge in [0.25, 0.3) is 10.0 Å². The van der Waals surface area contributed by atoms with Crippen molar-refractivity contribution in [2.45, 2.75) is 50.3 Å². The van der Waals surface area contributed by atoms with Gasteiger partial charge in [-0.25, -0.2) is 8.42 Å². The summed E-state index contributed by atoms with van der Waals surface area (Å²) in [6, 6.07) is 5.32. The number of fused-ring (bicyclic) bond motifs is 1. The van der Waals surface area contributed by atoms with Gasteiger partial charge in [0.05, 0.1) is 17.4 Å². The molecule has 0 spiro atoms. The summed E-state index contributed by atoms with van der Waals surface area (Å²) in [5.74, 6) is 0.777. The molecule has 0 radical (unpaired) electrons. The molecule has 8 heteroatoms. The number of benzene rings is 1. The molecule has 7 nitrogen and oxygen atoms in total. The summed E-state index contributed by atoms with van der Waals surface area (Å²) in [4.78, 5) is 14.7. The molecule has 2 N–H and O–H groups in total. The van der Waals surface area contributed by atoms with Crippen molar-refractivity contribution in [1.82, 2.24) is 4.90 Å². The van der Waals surface area contributed by atoms with Crippen LogP contribution in [-0.4, -0.2) is 44.3 Å². The van der Waals surface area contributed by atoms with Crippen LogP contribution in [0.25, 0.3) is 0 Å². The van der Waals surface area contributed by atoms with Crippen molar-refractivity contribution in [3.05, 3.63) is 29.3 Å². The minimum absolute atomic E-state index is 0.0297. The molecule has 1 saturated carbocycles. The lowest BCUT2D eigenvalue weighted by molar-refractivity contribution is -0.142. The Morgan fingerprint density at radius 1 is 1.22 bits per heavy atom. The zero-order valence-electron chi connectivity index (χ0n) is 15.3. The number of amidine groups is 1. The Balaban J connectivity index is 1.51. The Bertz CT molecular complexity index is 877. The first-order valence-electron chi connectivity index (χ1n) is 9.58. The Hall–Kier alpha value is -2.09. The summed E-state index contributed by atoms with van der Waals surface area (Å²) in [7, 11) is -3.57. The molecule has 0 unspecified atom stereocenters. The molecule has 2 heterocycles. The van der Waals surface area contributed by atoms with E-state index in [1.165, 1.54) is 0 Å². The van der Waals surface area contributed by atoms with E-state index in [0.29, 0.717) is 23.5 Å². The van der Waals surface area contributed by atoms with E-state index in [1.54, 1.807) is 18.2 Å². The monoisotopic (exact) mass is 391 g/mol. The third kappa shape index (κ3) is 3.67. The van der Waals surface area contributed by atoms with Crippen molar-refractivity contribution in [3.8, 4) is 5.75 Å². The summed E-state index contributed by atoms with van der Waals surface area (Å²) in [5, 5.41) is 0. The Kier molecular flexibility index (Phi) is 4.84. The Morgan fingerprint density at radius 3 is 2.78 bits per heavy atom. The van der Waals surface area contributed by atoms with Crippen molar-refractivity contribution in [1.29, 1.82) is 0 Å². The van der Waals surface area contributed by atoms with E-state index in [0.717, 1.165) is 45.1 Å². The van der Waals surface area contributed by atoms with Crippen LogP contribution in [0.1, 0.15) is 49.7 Å². The summed E-state index contributed by atoms with van der Waals surface area (Å²) < 4.78 is 33.3. The number of hydrogen-bond donors (Lipinski definition) is 1. The van der Waals surface area contributed by atoms with Gasteiger partial charge in [-0.2, -0.15) is 0 Å². The topological polar surface area (TPSA) is 102 Å². The quantitative estimate of drug-likeness (QED) is 0.843. The van der Waals surface area contributed by atoms with E-state index >= 15 is 0 Å². The van der Waals surface area contributed by atoms with Gasteiger partial charge in [0.2, 0.25) is 5.91 Å². The van der Waals surface area contributed by atoms with Crippen LogP contribution in [0.2, 0.25) is 0 Å². The van der Waals surface area contributed by atoms with E-state index < -0.39 is 10.0 Å². The van der Waals surface area contributed by atoms with E-state index in [9.17, 15) is 13.2 Å². The number of rotatable bonds is 4. The zero-order valence-corrected chi connectivity index (χ0v) is 16.1. The molecule has 2 fully saturated rings. The van der Waals surface area contributed by atoms with Crippen LogP contribution in [0.4, 0.5) is 0 Å². The van der Waals surface area contributed by atoms with E-state index in [1.807, 2.05) is 4.90 Å². The van der Waals surface area contributed by atoms with Gasteiger partial charge in [0, 0.05) is 12.5 Å². The minimum Gasteiger partial charge on any atom is -0.491 e. The van der Waals surface area contributed by atoms with E-state index in [4.69, 9.17) is 10.5 Å². The second-order valence-electron chi connectivity index (χ2n) is 7.61. The molecule has 1 atom stereocenters. The molecule has 1 aliphatic carbocycles. The molecular formula is C19H25N3O4S. The fraction of sp³-hybridized carbons (Fsp3) is 0.579. The average molecular weight is 391 g/mol. The van der Waals surface area contributed by atoms with Crippen LogP contribution >= 0.6 is 0 Å². The third-order valence-electron chi connectivity index (χ3n) is 5.74. The maximum absolute atomic E-state index is 12.7. The number of sulfonamides is 1. The van der Waals surface area contributed by atoms with Crippen LogP contribution in [0, 0.1) is 5.92 Å². The Morgan fingerprint density at radius 2 is 2.04 bits per heavy atom. The summed E-state index contributed by atoms with van der Waals surface area (Å²) in [5.41, 5.74) is 7.06. The van der Waals surface area contributed by atoms with Crippen LogP contribution in [-0.2, 0) is 20.6 Å². The molecule has 3 aliphatic rings. The molecule has 146 valence electrons. The fourth-order valence-corrected chi connectivity index (χ4v) is 5.16. The summed E-state index contributed by atoms with van der Waals surface area (Å²) in [6.07, 6.45) is 6.17. The molecule has 0 aromatic heterocycles. The maximum Gasteiger partial charge on any atom is 0.259 e. The number of hydrogen-bond acceptors (Lipinski definition) is 5. The van der Waals surface area contributed by atoms with E-state index in [-0.39, 0.29) is 29.5 Å². The third-order valence-corrected chi connectivity index (χ3v) is 6.89. The number of carbonyl (C=O) groups is 1. The lowest BCUT2D eigenvalue weighted by Crippen LogP contribution is -2.50. The smallest absolute Gasteiger partial charge is 0.259 e. The van der Waals surface area contributed by atoms with Crippen LogP contribution in [0.3, 0.4) is 0 Å². The fourth-order valence-electron chi connectivity index (χ4n) is 4.07. The lowest BCUT2D eigenvalue weighted by atomic mass is 9.83. The summed E-state index contributed by atoms with van der Waals surface area (Å²) >= 11 is 0. The summed E-state index contributed by atoms with van der Waals surface area (Å²) in [6.45, 7) is 1.17. The first kappa shape index (κ1) is 18.3. The normalized spacial score (nSPS) is 24.5. The highest BCUT2D eigenvalue weighted by Crippen LogP contribution is 2.32. The van der Waals surface area contributed by atoms with Crippen molar-refractivity contribution in [2.75, 3.05) is 13.2 Å². The number of piperidine rings is 1. The van der Waals surface area contributed by atoms with Gasteiger partial charge >= 0.3 is 0 Å². The van der Waals surface area contributed by atoms with Gasteiger partial charge in [0.15, 0.2) is 0 Å². The van der Waals surface area contributed by atoms with Gasteiger partial charge < -0.3 is 15.4 Å². The SMILES string of the molecule is NC1=NS(=O)(=O)Cc2cccc(OC[C@H]3CCCCN3C(=O)C3CCC3)c21. The van der Waals surface area contributed by atoms with Crippen LogP contribution in [0.5, 0.6) is 5.75 Å². The predicted molar refractivity (Wildman–Crippen MR) is 102 cm³/mol. The molecule has 2 aliphatic heterocycles. The molecule has 1 amide bonds. The molecule has 1 saturated heterocycles. The van der Waals surface area contributed by atoms with Crippen LogP contribution in [0.15, 0.2) is 22.6 Å². The number of ether oxygens (including phenoxy) is 1. The second kappa shape index (κ2) is 7.14. The van der Waals surface area contributed by atoms with Gasteiger partial charge in [-0.05, 0) is 43.7 Å². The highest BCUT2D eigenvalue weighted by molar-refractivity contribution is 7.89. The number of nitrogens with zero attached hydrogens (tertiary/aromatic N) is 2. The first-order valence-corrected chi connectivity index (χ1v) is 11.2. The van der Waals surface area contributed by atoms with Gasteiger partial charge in [-0.15, -0.1) is 4.40 Å². The number of nitrogens with two attached hydrogens (primary N) is 1. The van der Waals surface area contributed by atoms with Gasteiger partial charge in [-0.3, -0.25) is 4.79 Å². The molecule has 27 heavy (non-hydrogen) atoms. The largest absolute Gasteiger partial charge is 0.491 e. The molecular weight excluding hydrogens is 366 g/mol. The second-order valence-corrected chi connectivity index (χ2v) is 9.25. The average Bonchev–Trinajstić information content (AvgIpc) is 2.57. The maximum atomic E-state index is 12.7. The highest BCUT2D eigenvalue weighted by Gasteiger charge is 2.35. The minimum atomic E-state index is -3.57. The van der Waals surface area contributed by atoms with Gasteiger partial charge in [0.1, 0.15) is 18.2 Å². The van der Waals surface area contributed by atoms with Crippen molar-refractivity contribution >= 4 is 21.8 Å². The van der Waals surface area contributed by atoms with Crippen molar-refractivity contribution in [2.24, 2.45) is 16.0 Å². The highest BCUT2D eigenvalue weighted by atomic mass is 32.2. The van der Waals surface area contributed by atoms with Crippen molar-refractivity contribution < 1.29 is 17.9 Å². The molecule has 1 aromatic carbocycles. The molecule has 0 bridgehead atoms. The molecule has 1 aromatic rings.